The van der Waals surface area contributed by atoms with Crippen LogP contribution in [0.25, 0.3) is 0 Å². The fourth-order valence-corrected chi connectivity index (χ4v) is 1.33. The van der Waals surface area contributed by atoms with E-state index in [9.17, 15) is 4.79 Å². The number of rotatable bonds is 0. The van der Waals surface area contributed by atoms with Crippen molar-refractivity contribution in [3.8, 4) is 0 Å². The molecule has 0 aromatic rings. The Hall–Kier alpha value is 0.110. The Morgan fingerprint density at radius 1 is 1.86 bits per heavy atom. The molecule has 1 nitrogen and oxygen atoms in total. The summed E-state index contributed by atoms with van der Waals surface area (Å²) in [7, 11) is 0. The third-order valence-corrected chi connectivity index (χ3v) is 1.89. The smallest absolute Gasteiger partial charge is 0.197 e. The zero-order valence-corrected chi connectivity index (χ0v) is 5.26. The average molecular weight is 132 g/mol. The van der Waals surface area contributed by atoms with Gasteiger partial charge in [-0.2, -0.15) is 0 Å². The van der Waals surface area contributed by atoms with Crippen LogP contribution in [-0.4, -0.2) is 5.12 Å². The molecule has 0 aromatic heterocycles. The average Bonchev–Trinajstić information content (AvgIpc) is 1.87. The molecule has 0 spiro atoms. The summed E-state index contributed by atoms with van der Waals surface area (Å²) in [5, 5.41) is 0.199. The lowest BCUT2D eigenvalue weighted by Crippen LogP contribution is -1.76. The maximum atomic E-state index is 10.3. The highest BCUT2D eigenvalue weighted by atomic mass is 32.2. The number of allylic oxidation sites excluding steroid dienone is 1. The van der Waals surface area contributed by atoms with Gasteiger partial charge in [0.15, 0.2) is 5.12 Å². The van der Waals surface area contributed by atoms with Crippen molar-refractivity contribution in [2.75, 3.05) is 0 Å². The van der Waals surface area contributed by atoms with E-state index in [4.69, 9.17) is 0 Å². The second-order valence-corrected chi connectivity index (χ2v) is 3.10. The molecule has 0 atom stereocenters. The molecule has 1 aliphatic heterocycles. The van der Waals surface area contributed by atoms with Gasteiger partial charge in [-0.05, 0) is 11.8 Å². The largest absolute Gasteiger partial charge is 0.286 e. The first-order valence-corrected chi connectivity index (χ1v) is 3.15. The van der Waals surface area contributed by atoms with Crippen LogP contribution in [0.15, 0.2) is 10.3 Å². The maximum Gasteiger partial charge on any atom is 0.197 e. The molecule has 0 amide bonds. The number of carbonyl (C=O) groups excluding carboxylic acids is 1. The quantitative estimate of drug-likeness (QED) is 0.502. The van der Waals surface area contributed by atoms with Crippen LogP contribution in [0, 0.1) is 0 Å². The molecule has 0 aromatic carbocycles. The molecule has 0 fully saturated rings. The van der Waals surface area contributed by atoms with Gasteiger partial charge in [0, 0.05) is 10.7 Å². The SMILES string of the molecule is O=C1CC=C(S)S1. The monoisotopic (exact) mass is 132 g/mol. The van der Waals surface area contributed by atoms with Gasteiger partial charge in [-0.15, -0.1) is 12.6 Å². The van der Waals surface area contributed by atoms with E-state index in [0.29, 0.717) is 6.42 Å². The van der Waals surface area contributed by atoms with Crippen molar-refractivity contribution in [1.29, 1.82) is 0 Å². The summed E-state index contributed by atoms with van der Waals surface area (Å²) < 4.78 is 0.838. The summed E-state index contributed by atoms with van der Waals surface area (Å²) in [6.45, 7) is 0. The molecular formula is C4H4OS2. The van der Waals surface area contributed by atoms with E-state index in [1.807, 2.05) is 6.08 Å². The summed E-state index contributed by atoms with van der Waals surface area (Å²) in [4.78, 5) is 10.3. The lowest BCUT2D eigenvalue weighted by Gasteiger charge is -1.78. The highest BCUT2D eigenvalue weighted by molar-refractivity contribution is 8.25. The molecule has 0 saturated carbocycles. The van der Waals surface area contributed by atoms with E-state index in [1.165, 1.54) is 11.8 Å². The zero-order valence-electron chi connectivity index (χ0n) is 3.55. The van der Waals surface area contributed by atoms with E-state index in [0.717, 1.165) is 4.24 Å². The summed E-state index contributed by atoms with van der Waals surface area (Å²) in [5.41, 5.74) is 0. The first-order chi connectivity index (χ1) is 3.29. The van der Waals surface area contributed by atoms with Crippen molar-refractivity contribution >= 4 is 29.5 Å². The molecule has 0 saturated heterocycles. The molecule has 0 N–H and O–H groups in total. The second-order valence-electron chi connectivity index (χ2n) is 1.22. The van der Waals surface area contributed by atoms with E-state index in [2.05, 4.69) is 12.6 Å². The Morgan fingerprint density at radius 3 is 2.71 bits per heavy atom. The van der Waals surface area contributed by atoms with Gasteiger partial charge >= 0.3 is 0 Å². The van der Waals surface area contributed by atoms with Crippen LogP contribution in [-0.2, 0) is 4.79 Å². The lowest BCUT2D eigenvalue weighted by atomic mass is 10.5. The molecule has 7 heavy (non-hydrogen) atoms. The van der Waals surface area contributed by atoms with E-state index in [1.54, 1.807) is 0 Å². The third-order valence-electron chi connectivity index (χ3n) is 0.662. The summed E-state index contributed by atoms with van der Waals surface area (Å²) in [5.74, 6) is 0. The summed E-state index contributed by atoms with van der Waals surface area (Å²) in [6, 6.07) is 0. The minimum atomic E-state index is 0.199. The van der Waals surface area contributed by atoms with Gasteiger partial charge in [0.05, 0.1) is 0 Å². The predicted octanol–water partition coefficient (Wildman–Crippen LogP) is 1.42. The second kappa shape index (κ2) is 1.92. The molecule has 0 bridgehead atoms. The summed E-state index contributed by atoms with van der Waals surface area (Å²) in [6.07, 6.45) is 2.37. The van der Waals surface area contributed by atoms with Gasteiger partial charge in [0.2, 0.25) is 0 Å². The molecule has 1 rings (SSSR count). The first kappa shape index (κ1) is 5.25. The Balaban J connectivity index is 2.58. The van der Waals surface area contributed by atoms with Gasteiger partial charge in [0.1, 0.15) is 0 Å². The maximum absolute atomic E-state index is 10.3. The minimum Gasteiger partial charge on any atom is -0.286 e. The molecule has 1 heterocycles. The van der Waals surface area contributed by atoms with Crippen molar-refractivity contribution in [1.82, 2.24) is 0 Å². The number of thiol groups is 1. The van der Waals surface area contributed by atoms with Crippen LogP contribution in [0.3, 0.4) is 0 Å². The van der Waals surface area contributed by atoms with Crippen LogP contribution >= 0.6 is 24.4 Å². The molecular weight excluding hydrogens is 128 g/mol. The molecule has 3 heteroatoms. The van der Waals surface area contributed by atoms with Crippen LogP contribution in [0.5, 0.6) is 0 Å². The number of hydrogen-bond donors (Lipinski definition) is 1. The van der Waals surface area contributed by atoms with Gasteiger partial charge < -0.3 is 0 Å². The minimum absolute atomic E-state index is 0.199. The summed E-state index contributed by atoms with van der Waals surface area (Å²) >= 11 is 5.16. The third kappa shape index (κ3) is 1.24. The molecule has 38 valence electrons. The normalized spacial score (nSPS) is 20.1. The van der Waals surface area contributed by atoms with E-state index >= 15 is 0 Å². The Morgan fingerprint density at radius 2 is 2.57 bits per heavy atom. The van der Waals surface area contributed by atoms with Crippen LogP contribution in [0.1, 0.15) is 6.42 Å². The van der Waals surface area contributed by atoms with E-state index < -0.39 is 0 Å². The van der Waals surface area contributed by atoms with Crippen molar-refractivity contribution in [2.45, 2.75) is 6.42 Å². The van der Waals surface area contributed by atoms with Gasteiger partial charge in [0.25, 0.3) is 0 Å². The lowest BCUT2D eigenvalue weighted by molar-refractivity contribution is -0.110. The number of thioether (sulfide) groups is 1. The Labute approximate surface area is 51.6 Å². The molecule has 0 unspecified atom stereocenters. The molecule has 0 aliphatic carbocycles. The number of hydrogen-bond acceptors (Lipinski definition) is 3. The molecule has 1 aliphatic rings. The van der Waals surface area contributed by atoms with Crippen molar-refractivity contribution < 1.29 is 4.79 Å². The Kier molecular flexibility index (Phi) is 1.44. The van der Waals surface area contributed by atoms with Crippen molar-refractivity contribution in [3.63, 3.8) is 0 Å². The van der Waals surface area contributed by atoms with Crippen molar-refractivity contribution in [3.05, 3.63) is 10.3 Å². The fraction of sp³-hybridized carbons (Fsp3) is 0.250. The van der Waals surface area contributed by atoms with Crippen LogP contribution in [0.4, 0.5) is 0 Å². The van der Waals surface area contributed by atoms with Crippen LogP contribution < -0.4 is 0 Å². The van der Waals surface area contributed by atoms with Crippen molar-refractivity contribution in [2.24, 2.45) is 0 Å². The highest BCUT2D eigenvalue weighted by Crippen LogP contribution is 2.28. The van der Waals surface area contributed by atoms with Crippen LogP contribution in [0.2, 0.25) is 0 Å². The van der Waals surface area contributed by atoms with Gasteiger partial charge in [-0.1, -0.05) is 6.08 Å². The van der Waals surface area contributed by atoms with Gasteiger partial charge in [-0.25, -0.2) is 0 Å². The molecule has 0 radical (unpaired) electrons. The number of carbonyl (C=O) groups is 1. The van der Waals surface area contributed by atoms with Gasteiger partial charge in [-0.3, -0.25) is 4.79 Å². The first-order valence-electron chi connectivity index (χ1n) is 1.89. The predicted molar refractivity (Wildman–Crippen MR) is 34.3 cm³/mol. The highest BCUT2D eigenvalue weighted by Gasteiger charge is 2.08. The zero-order chi connectivity index (χ0) is 5.28. The standard InChI is InChI=1S/C4H4OS2/c5-3-1-2-4(6)7-3/h2,6H,1H2. The van der Waals surface area contributed by atoms with E-state index in [-0.39, 0.29) is 5.12 Å². The fourth-order valence-electron chi connectivity index (χ4n) is 0.371. The Bertz CT molecular complexity index is 128. The topological polar surface area (TPSA) is 17.1 Å².